The number of benzene rings is 4. The van der Waals surface area contributed by atoms with Crippen LogP contribution in [0, 0.1) is 6.92 Å². The molecule has 258 valence electrons. The van der Waals surface area contributed by atoms with Crippen molar-refractivity contribution in [1.82, 2.24) is 5.32 Å². The molecule has 4 aromatic rings. The van der Waals surface area contributed by atoms with Gasteiger partial charge in [-0.1, -0.05) is 36.4 Å². The van der Waals surface area contributed by atoms with Gasteiger partial charge in [0.2, 0.25) is 5.91 Å². The second-order valence-corrected chi connectivity index (χ2v) is 13.3. The number of anilines is 2. The molecule has 10 nitrogen and oxygen atoms in total. The Labute approximate surface area is 296 Å². The molecule has 0 radical (unpaired) electrons. The molecule has 0 aromatic heterocycles. The lowest BCUT2D eigenvalue weighted by molar-refractivity contribution is -0.116. The van der Waals surface area contributed by atoms with Gasteiger partial charge < -0.3 is 24.4 Å². The van der Waals surface area contributed by atoms with Crippen LogP contribution in [0.15, 0.2) is 89.4 Å². The molecule has 0 fully saturated rings. The Morgan fingerprint density at radius 1 is 0.843 bits per heavy atom. The Bertz CT molecular complexity index is 2160. The molecule has 1 N–H and O–H groups in total. The van der Waals surface area contributed by atoms with E-state index in [4.69, 9.17) is 19.2 Å². The molecule has 3 amide bonds. The van der Waals surface area contributed by atoms with E-state index in [1.807, 2.05) is 72.6 Å². The highest BCUT2D eigenvalue weighted by atomic mass is 16.5. The van der Waals surface area contributed by atoms with Gasteiger partial charge in [0.15, 0.2) is 11.5 Å². The Morgan fingerprint density at radius 2 is 1.53 bits per heavy atom. The van der Waals surface area contributed by atoms with Crippen molar-refractivity contribution in [3.8, 4) is 17.2 Å². The molecular weight excluding hydrogens is 644 g/mol. The minimum atomic E-state index is -0.299. The van der Waals surface area contributed by atoms with Crippen molar-refractivity contribution in [2.75, 3.05) is 37.2 Å². The zero-order valence-electron chi connectivity index (χ0n) is 28.8. The summed E-state index contributed by atoms with van der Waals surface area (Å²) in [6, 6.07) is 23.2. The molecule has 4 heterocycles. The Kier molecular flexibility index (Phi) is 8.30. The number of aliphatic imine (C=N–C) groups is 1. The third-order valence-electron chi connectivity index (χ3n) is 10.2. The highest BCUT2D eigenvalue weighted by Gasteiger charge is 2.38. The first-order valence-electron chi connectivity index (χ1n) is 17.2. The van der Waals surface area contributed by atoms with E-state index in [1.165, 1.54) is 18.7 Å². The summed E-state index contributed by atoms with van der Waals surface area (Å²) < 4.78 is 18.2. The van der Waals surface area contributed by atoms with Crippen LogP contribution in [0.3, 0.4) is 0 Å². The van der Waals surface area contributed by atoms with Crippen LogP contribution < -0.4 is 29.3 Å². The maximum Gasteiger partial charge on any atom is 0.261 e. The first kappa shape index (κ1) is 32.3. The van der Waals surface area contributed by atoms with Crippen LogP contribution in [0.25, 0.3) is 0 Å². The molecule has 4 aromatic carbocycles. The number of aryl methyl sites for hydroxylation is 2. The van der Waals surface area contributed by atoms with Crippen molar-refractivity contribution < 1.29 is 28.6 Å². The molecule has 0 bridgehead atoms. The van der Waals surface area contributed by atoms with Gasteiger partial charge in [-0.3, -0.25) is 24.3 Å². The quantitative estimate of drug-likeness (QED) is 0.231. The zero-order valence-corrected chi connectivity index (χ0v) is 28.8. The van der Waals surface area contributed by atoms with E-state index in [0.717, 1.165) is 47.3 Å². The number of carbonyl (C=O) groups excluding carboxylic acids is 3. The minimum Gasteiger partial charge on any atom is -0.493 e. The van der Waals surface area contributed by atoms with Crippen molar-refractivity contribution in [3.05, 3.63) is 118 Å². The molecule has 0 aliphatic carbocycles. The molecule has 0 saturated carbocycles. The third-order valence-corrected chi connectivity index (χ3v) is 10.2. The van der Waals surface area contributed by atoms with Gasteiger partial charge in [0.1, 0.15) is 19.0 Å². The minimum absolute atomic E-state index is 0.0148. The number of hydrogen-bond donors (Lipinski definition) is 1. The van der Waals surface area contributed by atoms with Crippen molar-refractivity contribution in [2.45, 2.75) is 44.7 Å². The van der Waals surface area contributed by atoms with Crippen LogP contribution in [-0.2, 0) is 24.1 Å². The molecule has 8 rings (SSSR count). The average molecular weight is 683 g/mol. The fourth-order valence-corrected chi connectivity index (χ4v) is 7.62. The summed E-state index contributed by atoms with van der Waals surface area (Å²) in [7, 11) is 3.08. The Hall–Kier alpha value is -5.90. The maximum absolute atomic E-state index is 13.8. The second-order valence-electron chi connectivity index (χ2n) is 13.3. The van der Waals surface area contributed by atoms with E-state index in [2.05, 4.69) is 11.4 Å². The molecule has 0 saturated heterocycles. The molecule has 51 heavy (non-hydrogen) atoms. The lowest BCUT2D eigenvalue weighted by Crippen LogP contribution is -2.37. The summed E-state index contributed by atoms with van der Waals surface area (Å²) in [6.45, 7) is 2.01. The predicted octanol–water partition coefficient (Wildman–Crippen LogP) is 5.94. The standard InChI is InChI=1S/C41H38N4O6/c1-24-14-31-26(12-13-29-16-27-8-4-6-10-34(27)44(29)40(31)47)18-36(24)50-22-25(15-39(46)42-2)23-51-38-20-33-32(19-37(38)49-3)41(48)45-30(21-43-33)17-28-9-5-7-11-35(28)45/h4-11,14-15,18-21,29-30H,12-13,16-17,22-23H2,1-3H3,(H,42,46)/b25-15+/t29-,30+/m1/s1. The van der Waals surface area contributed by atoms with Gasteiger partial charge in [0, 0.05) is 60.4 Å². The van der Waals surface area contributed by atoms with Crippen molar-refractivity contribution in [2.24, 2.45) is 4.99 Å². The number of rotatable bonds is 8. The van der Waals surface area contributed by atoms with E-state index < -0.39 is 0 Å². The Morgan fingerprint density at radius 3 is 2.27 bits per heavy atom. The number of ether oxygens (including phenoxy) is 3. The van der Waals surface area contributed by atoms with Crippen molar-refractivity contribution in [1.29, 1.82) is 0 Å². The zero-order chi connectivity index (χ0) is 35.2. The lowest BCUT2D eigenvalue weighted by Gasteiger charge is -2.23. The Balaban J connectivity index is 1.01. The summed E-state index contributed by atoms with van der Waals surface area (Å²) in [5, 5.41) is 2.63. The summed E-state index contributed by atoms with van der Waals surface area (Å²) in [4.78, 5) is 48.6. The number of hydrogen-bond acceptors (Lipinski definition) is 7. The van der Waals surface area contributed by atoms with Gasteiger partial charge >= 0.3 is 0 Å². The molecule has 4 aliphatic heterocycles. The second kappa shape index (κ2) is 13.1. The fraction of sp³-hybridized carbons (Fsp3) is 0.268. The number of likely N-dealkylation sites (N-methyl/N-ethyl adjacent to an activating group) is 1. The van der Waals surface area contributed by atoms with Crippen LogP contribution in [-0.4, -0.2) is 63.4 Å². The van der Waals surface area contributed by atoms with E-state index in [1.54, 1.807) is 24.1 Å². The number of para-hydroxylation sites is 2. The molecular formula is C41H38N4O6. The van der Waals surface area contributed by atoms with E-state index in [-0.39, 0.29) is 43.0 Å². The van der Waals surface area contributed by atoms with E-state index in [9.17, 15) is 14.4 Å². The first-order valence-corrected chi connectivity index (χ1v) is 17.2. The van der Waals surface area contributed by atoms with Crippen LogP contribution in [0.2, 0.25) is 0 Å². The van der Waals surface area contributed by atoms with Gasteiger partial charge in [-0.15, -0.1) is 0 Å². The normalized spacial score (nSPS) is 18.5. The molecule has 10 heteroatoms. The highest BCUT2D eigenvalue weighted by molar-refractivity contribution is 6.15. The monoisotopic (exact) mass is 682 g/mol. The number of nitrogens with zero attached hydrogens (tertiary/aromatic N) is 3. The topological polar surface area (TPSA) is 110 Å². The van der Waals surface area contributed by atoms with Gasteiger partial charge in [-0.05, 0) is 78.8 Å². The SMILES string of the molecule is CNC(=O)/C=C(\COc1cc2c(cc1C)C(=O)N1c3ccccc3C[C@H]1CC2)COc1cc2c(cc1OC)C(=O)N1c3ccccc3C[C@H]1C=N2. The van der Waals surface area contributed by atoms with E-state index >= 15 is 0 Å². The molecule has 0 unspecified atom stereocenters. The summed E-state index contributed by atoms with van der Waals surface area (Å²) >= 11 is 0. The molecule has 0 spiro atoms. The van der Waals surface area contributed by atoms with Crippen LogP contribution in [0.5, 0.6) is 17.2 Å². The summed E-state index contributed by atoms with van der Waals surface area (Å²) in [5.41, 5.74) is 8.16. The molecule has 2 atom stereocenters. The van der Waals surface area contributed by atoms with Gasteiger partial charge in [-0.2, -0.15) is 0 Å². The lowest BCUT2D eigenvalue weighted by atomic mass is 9.98. The van der Waals surface area contributed by atoms with Crippen molar-refractivity contribution in [3.63, 3.8) is 0 Å². The van der Waals surface area contributed by atoms with E-state index in [0.29, 0.717) is 46.1 Å². The smallest absolute Gasteiger partial charge is 0.261 e. The van der Waals surface area contributed by atoms with Gasteiger partial charge in [0.05, 0.1) is 24.4 Å². The number of methoxy groups -OCH3 is 1. The van der Waals surface area contributed by atoms with Crippen LogP contribution >= 0.6 is 0 Å². The van der Waals surface area contributed by atoms with Gasteiger partial charge in [0.25, 0.3) is 11.8 Å². The number of carbonyl (C=O) groups is 3. The predicted molar refractivity (Wildman–Crippen MR) is 195 cm³/mol. The summed E-state index contributed by atoms with van der Waals surface area (Å²) in [5.74, 6) is 0.966. The third kappa shape index (κ3) is 5.80. The number of fused-ring (bicyclic) bond motifs is 8. The van der Waals surface area contributed by atoms with Crippen LogP contribution in [0.1, 0.15) is 49.4 Å². The summed E-state index contributed by atoms with van der Waals surface area (Å²) in [6.07, 6.45) is 6.43. The highest BCUT2D eigenvalue weighted by Crippen LogP contribution is 2.42. The number of amides is 3. The van der Waals surface area contributed by atoms with Gasteiger partial charge in [-0.25, -0.2) is 0 Å². The fourth-order valence-electron chi connectivity index (χ4n) is 7.62. The number of nitrogens with one attached hydrogen (secondary N) is 1. The van der Waals surface area contributed by atoms with Crippen molar-refractivity contribution >= 4 is 41.0 Å². The average Bonchev–Trinajstić information content (AvgIpc) is 3.64. The van der Waals surface area contributed by atoms with Crippen LogP contribution in [0.4, 0.5) is 17.1 Å². The first-order chi connectivity index (χ1) is 24.8. The molecule has 4 aliphatic rings. The largest absolute Gasteiger partial charge is 0.493 e. The maximum atomic E-state index is 13.8.